The molecule has 156 valence electrons. The molecule has 0 saturated heterocycles. The van der Waals surface area contributed by atoms with Crippen molar-refractivity contribution < 1.29 is 24.0 Å². The van der Waals surface area contributed by atoms with Crippen molar-refractivity contribution >= 4 is 17.9 Å². The van der Waals surface area contributed by atoms with E-state index in [-0.39, 0.29) is 34.4 Å². The molecule has 0 fully saturated rings. The molecule has 2 amide bonds. The van der Waals surface area contributed by atoms with Gasteiger partial charge in [0.2, 0.25) is 0 Å². The Bertz CT molecular complexity index is 719. The predicted octanol–water partition coefficient (Wildman–Crippen LogP) is 4.00. The highest BCUT2D eigenvalue weighted by Crippen LogP contribution is 2.25. The monoisotopic (exact) mass is 395 g/mol. The number of alkyl carbamates (subject to hydrolysis) is 1. The van der Waals surface area contributed by atoms with Gasteiger partial charge in [-0.05, 0) is 23.0 Å². The Balaban J connectivity index is 2.78. The first-order valence-electron chi connectivity index (χ1n) is 8.90. The Labute approximate surface area is 164 Å². The zero-order valence-electron chi connectivity index (χ0n) is 17.3. The number of carbonyl (C=O) groups is 2. The van der Waals surface area contributed by atoms with Crippen LogP contribution in [0.4, 0.5) is 15.3 Å². The molecule has 0 heterocycles. The Morgan fingerprint density at radius 2 is 1.54 bits per heavy atom. The minimum Gasteiger partial charge on any atom is -0.444 e. The summed E-state index contributed by atoms with van der Waals surface area (Å²) in [4.78, 5) is 34.3. The van der Waals surface area contributed by atoms with E-state index in [2.05, 4.69) is 10.6 Å². The zero-order valence-corrected chi connectivity index (χ0v) is 17.3. The molecule has 0 bridgehead atoms. The third-order valence-electron chi connectivity index (χ3n) is 3.34. The lowest BCUT2D eigenvalue weighted by Crippen LogP contribution is -2.34. The minimum atomic E-state index is -0.682. The van der Waals surface area contributed by atoms with Crippen LogP contribution in [0.5, 0.6) is 5.75 Å². The van der Waals surface area contributed by atoms with Gasteiger partial charge in [0.15, 0.2) is 0 Å². The van der Waals surface area contributed by atoms with E-state index in [1.807, 2.05) is 41.5 Å². The van der Waals surface area contributed by atoms with Gasteiger partial charge in [0.25, 0.3) is 5.69 Å². The summed E-state index contributed by atoms with van der Waals surface area (Å²) in [5.74, 6) is 0.116. The minimum absolute atomic E-state index is 0.116. The molecule has 0 aliphatic heterocycles. The number of rotatable bonds is 6. The van der Waals surface area contributed by atoms with Gasteiger partial charge in [-0.2, -0.15) is 0 Å². The molecule has 9 heteroatoms. The van der Waals surface area contributed by atoms with E-state index in [0.717, 1.165) is 0 Å². The Morgan fingerprint density at radius 1 is 1.00 bits per heavy atom. The van der Waals surface area contributed by atoms with Crippen molar-refractivity contribution in [1.29, 1.82) is 0 Å². The Morgan fingerprint density at radius 3 is 2.04 bits per heavy atom. The van der Waals surface area contributed by atoms with Gasteiger partial charge in [0, 0.05) is 19.2 Å². The van der Waals surface area contributed by atoms with Gasteiger partial charge in [-0.25, -0.2) is 9.59 Å². The van der Waals surface area contributed by atoms with Crippen LogP contribution in [-0.2, 0) is 11.3 Å². The van der Waals surface area contributed by atoms with E-state index in [1.165, 1.54) is 18.2 Å². The molecule has 0 aromatic heterocycles. The molecule has 0 radical (unpaired) electrons. The largest absolute Gasteiger partial charge is 0.444 e. The lowest BCUT2D eigenvalue weighted by Gasteiger charge is -2.19. The fourth-order valence-electron chi connectivity index (χ4n) is 1.93. The van der Waals surface area contributed by atoms with Crippen LogP contribution in [0.25, 0.3) is 0 Å². The number of nitro groups is 1. The van der Waals surface area contributed by atoms with Gasteiger partial charge in [0.05, 0.1) is 10.5 Å². The van der Waals surface area contributed by atoms with Gasteiger partial charge in [-0.1, -0.05) is 41.5 Å². The summed E-state index contributed by atoms with van der Waals surface area (Å²) in [6, 6.07) is 3.84. The number of benzene rings is 1. The average molecular weight is 395 g/mol. The van der Waals surface area contributed by atoms with Gasteiger partial charge in [-0.15, -0.1) is 0 Å². The maximum Gasteiger partial charge on any atom is 0.412 e. The van der Waals surface area contributed by atoms with Crippen LogP contribution < -0.4 is 15.4 Å². The molecule has 1 aromatic carbocycles. The highest BCUT2D eigenvalue weighted by atomic mass is 16.6. The first kappa shape index (κ1) is 23.2. The molecular weight excluding hydrogens is 366 g/mol. The van der Waals surface area contributed by atoms with Crippen molar-refractivity contribution in [1.82, 2.24) is 10.6 Å². The molecule has 0 aliphatic carbocycles. The lowest BCUT2D eigenvalue weighted by atomic mass is 9.97. The van der Waals surface area contributed by atoms with Gasteiger partial charge < -0.3 is 20.1 Å². The first-order chi connectivity index (χ1) is 12.8. The second kappa shape index (κ2) is 9.38. The van der Waals surface area contributed by atoms with Crippen LogP contribution >= 0.6 is 0 Å². The van der Waals surface area contributed by atoms with Crippen molar-refractivity contribution in [2.45, 2.75) is 48.1 Å². The number of ether oxygens (including phenoxy) is 2. The second-order valence-electron chi connectivity index (χ2n) is 8.84. The Kier molecular flexibility index (Phi) is 7.78. The van der Waals surface area contributed by atoms with Crippen LogP contribution in [0.3, 0.4) is 0 Å². The van der Waals surface area contributed by atoms with E-state index >= 15 is 0 Å². The topological polar surface area (TPSA) is 120 Å². The van der Waals surface area contributed by atoms with E-state index < -0.39 is 17.1 Å². The molecular formula is C19H29N3O6. The fraction of sp³-hybridized carbons (Fsp3) is 0.579. The smallest absolute Gasteiger partial charge is 0.412 e. The number of carbonyl (C=O) groups excluding carboxylic acids is 2. The van der Waals surface area contributed by atoms with Crippen molar-refractivity contribution in [2.24, 2.45) is 10.8 Å². The molecule has 2 N–H and O–H groups in total. The molecule has 1 aromatic rings. The van der Waals surface area contributed by atoms with Gasteiger partial charge in [-0.3, -0.25) is 10.1 Å². The van der Waals surface area contributed by atoms with Crippen LogP contribution in [0.1, 0.15) is 47.1 Å². The summed E-state index contributed by atoms with van der Waals surface area (Å²) in [5.41, 5.74) is -0.351. The van der Waals surface area contributed by atoms with Gasteiger partial charge >= 0.3 is 12.2 Å². The van der Waals surface area contributed by atoms with Crippen LogP contribution in [0.2, 0.25) is 0 Å². The van der Waals surface area contributed by atoms with Crippen LogP contribution in [0.15, 0.2) is 18.2 Å². The maximum atomic E-state index is 11.9. The van der Waals surface area contributed by atoms with E-state index in [9.17, 15) is 19.7 Å². The second-order valence-corrected chi connectivity index (χ2v) is 8.84. The summed E-state index contributed by atoms with van der Waals surface area (Å²) in [6.45, 7) is 12.2. The summed E-state index contributed by atoms with van der Waals surface area (Å²) < 4.78 is 10.2. The van der Waals surface area contributed by atoms with Gasteiger partial charge in [0.1, 0.15) is 12.4 Å². The molecule has 9 nitrogen and oxygen atoms in total. The SMILES string of the molecule is CC(C)(C)CNC(=O)OCc1cc(OC(=O)NCC(C)(C)C)ccc1[N+](=O)[O-]. The van der Waals surface area contributed by atoms with E-state index in [1.54, 1.807) is 0 Å². The predicted molar refractivity (Wildman–Crippen MR) is 104 cm³/mol. The number of nitrogens with zero attached hydrogens (tertiary/aromatic N) is 1. The average Bonchev–Trinajstić information content (AvgIpc) is 2.55. The molecule has 0 aliphatic rings. The zero-order chi connectivity index (χ0) is 21.5. The van der Waals surface area contributed by atoms with Crippen molar-refractivity contribution in [3.8, 4) is 5.75 Å². The standard InChI is InChI=1S/C19H29N3O6/c1-18(2,3)11-20-16(23)27-10-13-9-14(7-8-15(13)22(25)26)28-17(24)21-12-19(4,5)6/h7-9H,10-12H2,1-6H3,(H,20,23)(H,21,24). The third kappa shape index (κ3) is 9.20. The summed E-state index contributed by atoms with van der Waals surface area (Å²) >= 11 is 0. The van der Waals surface area contributed by atoms with Crippen LogP contribution in [0, 0.1) is 20.9 Å². The highest BCUT2D eigenvalue weighted by Gasteiger charge is 2.19. The molecule has 0 spiro atoms. The lowest BCUT2D eigenvalue weighted by molar-refractivity contribution is -0.385. The normalized spacial score (nSPS) is 11.5. The van der Waals surface area contributed by atoms with Crippen LogP contribution in [-0.4, -0.2) is 30.2 Å². The first-order valence-corrected chi connectivity index (χ1v) is 8.90. The summed E-state index contributed by atoms with van der Waals surface area (Å²) in [7, 11) is 0. The van der Waals surface area contributed by atoms with E-state index in [4.69, 9.17) is 9.47 Å². The van der Waals surface area contributed by atoms with Crippen molar-refractivity contribution in [3.63, 3.8) is 0 Å². The van der Waals surface area contributed by atoms with E-state index in [0.29, 0.717) is 13.1 Å². The molecule has 28 heavy (non-hydrogen) atoms. The molecule has 0 atom stereocenters. The quantitative estimate of drug-likeness (QED) is 0.555. The van der Waals surface area contributed by atoms with Crippen molar-refractivity contribution in [3.05, 3.63) is 33.9 Å². The Hall–Kier alpha value is -2.84. The molecule has 0 saturated carbocycles. The highest BCUT2D eigenvalue weighted by molar-refractivity contribution is 5.71. The molecule has 0 unspecified atom stereocenters. The third-order valence-corrected chi connectivity index (χ3v) is 3.34. The molecule has 1 rings (SSSR count). The number of amides is 2. The number of hydrogen-bond donors (Lipinski definition) is 2. The summed E-state index contributed by atoms with van der Waals surface area (Å²) in [6.07, 6.45) is -1.35. The summed E-state index contributed by atoms with van der Waals surface area (Å²) in [5, 5.41) is 16.4. The number of hydrogen-bond acceptors (Lipinski definition) is 6. The van der Waals surface area contributed by atoms with Crippen molar-refractivity contribution in [2.75, 3.05) is 13.1 Å². The fourth-order valence-corrected chi connectivity index (χ4v) is 1.93. The number of nitro benzene ring substituents is 1. The maximum absolute atomic E-state index is 11.9. The number of nitrogens with one attached hydrogen (secondary N) is 2.